The van der Waals surface area contributed by atoms with E-state index in [1.807, 2.05) is 20.8 Å². The summed E-state index contributed by atoms with van der Waals surface area (Å²) in [6, 6.07) is 5.15. The van der Waals surface area contributed by atoms with Crippen LogP contribution in [0.2, 0.25) is 0 Å². The summed E-state index contributed by atoms with van der Waals surface area (Å²) >= 11 is 1.25. The highest BCUT2D eigenvalue weighted by Gasteiger charge is 2.34. The first-order valence-corrected chi connectivity index (χ1v) is 11.9. The van der Waals surface area contributed by atoms with E-state index in [-0.39, 0.29) is 19.3 Å². The van der Waals surface area contributed by atoms with Crippen LogP contribution in [-0.2, 0) is 26.2 Å². The molecule has 1 atom stereocenters. The fourth-order valence-electron chi connectivity index (χ4n) is 3.19. The van der Waals surface area contributed by atoms with Crippen molar-refractivity contribution in [2.24, 2.45) is 5.92 Å². The summed E-state index contributed by atoms with van der Waals surface area (Å²) in [7, 11) is -3.58. The summed E-state index contributed by atoms with van der Waals surface area (Å²) in [5.41, 5.74) is 0.684. The van der Waals surface area contributed by atoms with Gasteiger partial charge in [-0.25, -0.2) is 8.42 Å². The summed E-state index contributed by atoms with van der Waals surface area (Å²) in [6.07, 6.45) is 4.46. The van der Waals surface area contributed by atoms with Crippen molar-refractivity contribution in [3.8, 4) is 5.75 Å². The van der Waals surface area contributed by atoms with Gasteiger partial charge < -0.3 is 9.47 Å². The zero-order valence-corrected chi connectivity index (χ0v) is 18.5. The van der Waals surface area contributed by atoms with Gasteiger partial charge >= 0.3 is 5.97 Å². The molecule has 2 aromatic rings. The van der Waals surface area contributed by atoms with Crippen LogP contribution < -0.4 is 4.74 Å². The maximum atomic E-state index is 12.9. The number of sulfonamides is 1. The molecular weight excluding hydrogens is 412 g/mol. The van der Waals surface area contributed by atoms with Crippen LogP contribution in [0.4, 0.5) is 0 Å². The lowest BCUT2D eigenvalue weighted by molar-refractivity contribution is -0.151. The predicted octanol–water partition coefficient (Wildman–Crippen LogP) is 3.38. The Kier molecular flexibility index (Phi) is 6.92. The second-order valence-electron chi connectivity index (χ2n) is 7.33. The lowest BCUT2D eigenvalue weighted by atomic mass is 10.00. The van der Waals surface area contributed by atoms with Crippen LogP contribution in [0.25, 0.3) is 0 Å². The summed E-state index contributed by atoms with van der Waals surface area (Å²) in [6.45, 7) is 6.31. The third kappa shape index (κ3) is 5.34. The first-order chi connectivity index (χ1) is 13.8. The fraction of sp³-hybridized carbons (Fsp3) is 0.500. The van der Waals surface area contributed by atoms with E-state index in [9.17, 15) is 13.2 Å². The van der Waals surface area contributed by atoms with Gasteiger partial charge in [-0.1, -0.05) is 0 Å². The van der Waals surface area contributed by atoms with Gasteiger partial charge in [0.1, 0.15) is 16.6 Å². The van der Waals surface area contributed by atoms with Crippen molar-refractivity contribution in [3.63, 3.8) is 0 Å². The predicted molar refractivity (Wildman–Crippen MR) is 110 cm³/mol. The zero-order chi connectivity index (χ0) is 21.0. The Bertz CT molecular complexity index is 955. The van der Waals surface area contributed by atoms with Gasteiger partial charge in [0.25, 0.3) is 10.0 Å². The molecule has 0 radical (unpaired) electrons. The van der Waals surface area contributed by atoms with Gasteiger partial charge in [0.05, 0.1) is 12.0 Å². The van der Waals surface area contributed by atoms with Gasteiger partial charge in [-0.3, -0.25) is 9.78 Å². The van der Waals surface area contributed by atoms with E-state index in [2.05, 4.69) is 4.98 Å². The first-order valence-electron chi connectivity index (χ1n) is 9.60. The number of pyridine rings is 1. The molecule has 7 nitrogen and oxygen atoms in total. The van der Waals surface area contributed by atoms with Crippen LogP contribution in [-0.4, -0.2) is 42.9 Å². The molecule has 3 rings (SSSR count). The number of rotatable bonds is 7. The maximum Gasteiger partial charge on any atom is 0.310 e. The molecule has 1 unspecified atom stereocenters. The molecule has 0 amide bonds. The van der Waals surface area contributed by atoms with Gasteiger partial charge in [0, 0.05) is 35.9 Å². The van der Waals surface area contributed by atoms with Gasteiger partial charge in [-0.05, 0) is 51.8 Å². The molecule has 1 fully saturated rings. The van der Waals surface area contributed by atoms with Crippen molar-refractivity contribution < 1.29 is 22.7 Å². The highest BCUT2D eigenvalue weighted by atomic mass is 32.2. The number of ether oxygens (including phenoxy) is 2. The summed E-state index contributed by atoms with van der Waals surface area (Å²) < 4.78 is 38.6. The number of hydrogen-bond donors (Lipinski definition) is 0. The van der Waals surface area contributed by atoms with Crippen molar-refractivity contribution in [1.29, 1.82) is 0 Å². The quantitative estimate of drug-likeness (QED) is 0.616. The Morgan fingerprint density at radius 3 is 2.83 bits per heavy atom. The third-order valence-corrected chi connectivity index (χ3v) is 7.95. The second kappa shape index (κ2) is 9.23. The topological polar surface area (TPSA) is 85.8 Å². The SMILES string of the molecule is Cc1ccc(S(=O)(=O)N2CCCC(C(=O)OCc3cnccc3OC(C)C)C2)s1. The molecule has 0 N–H and O–H groups in total. The van der Waals surface area contributed by atoms with Crippen LogP contribution >= 0.6 is 11.3 Å². The number of thiophene rings is 1. The molecular formula is C20H26N2O5S2. The smallest absolute Gasteiger partial charge is 0.310 e. The van der Waals surface area contributed by atoms with Gasteiger partial charge in [-0.15, -0.1) is 11.3 Å². The van der Waals surface area contributed by atoms with E-state index < -0.39 is 21.9 Å². The number of esters is 1. The molecule has 9 heteroatoms. The molecule has 0 aliphatic carbocycles. The minimum atomic E-state index is -3.58. The molecule has 158 valence electrons. The Hall–Kier alpha value is -1.97. The van der Waals surface area contributed by atoms with E-state index >= 15 is 0 Å². The van der Waals surface area contributed by atoms with Crippen LogP contribution in [0.5, 0.6) is 5.75 Å². The number of piperidine rings is 1. The average Bonchev–Trinajstić information content (AvgIpc) is 3.14. The molecule has 1 aliphatic heterocycles. The van der Waals surface area contributed by atoms with Crippen LogP contribution in [0, 0.1) is 12.8 Å². The highest BCUT2D eigenvalue weighted by molar-refractivity contribution is 7.91. The van der Waals surface area contributed by atoms with Crippen molar-refractivity contribution in [2.75, 3.05) is 13.1 Å². The van der Waals surface area contributed by atoms with E-state index in [4.69, 9.17) is 9.47 Å². The third-order valence-electron chi connectivity index (χ3n) is 4.62. The normalized spacial score (nSPS) is 18.0. The molecule has 0 spiro atoms. The van der Waals surface area contributed by atoms with Crippen molar-refractivity contribution in [1.82, 2.24) is 9.29 Å². The minimum absolute atomic E-state index is 0.00940. The molecule has 0 aromatic carbocycles. The average molecular weight is 439 g/mol. The summed E-state index contributed by atoms with van der Waals surface area (Å²) in [5, 5.41) is 0. The molecule has 0 bridgehead atoms. The molecule has 0 saturated carbocycles. The highest BCUT2D eigenvalue weighted by Crippen LogP contribution is 2.29. The molecule has 2 aromatic heterocycles. The molecule has 1 saturated heterocycles. The van der Waals surface area contributed by atoms with Crippen molar-refractivity contribution >= 4 is 27.3 Å². The maximum absolute atomic E-state index is 12.9. The van der Waals surface area contributed by atoms with E-state index in [1.54, 1.807) is 30.6 Å². The standard InChI is InChI=1S/C20H26N2O5S2/c1-14(2)27-18-8-9-21-11-17(18)13-26-20(23)16-5-4-10-22(12-16)29(24,25)19-7-6-15(3)28-19/h6-9,11,14,16H,4-5,10,12-13H2,1-3H3. The molecule has 1 aliphatic rings. The minimum Gasteiger partial charge on any atom is -0.490 e. The van der Waals surface area contributed by atoms with Crippen LogP contribution in [0.1, 0.15) is 37.1 Å². The number of carbonyl (C=O) groups is 1. The first kappa shape index (κ1) is 21.7. The fourth-order valence-corrected chi connectivity index (χ4v) is 6.15. The number of nitrogens with zero attached hydrogens (tertiary/aromatic N) is 2. The zero-order valence-electron chi connectivity index (χ0n) is 16.8. The number of hydrogen-bond acceptors (Lipinski definition) is 7. The summed E-state index contributed by atoms with van der Waals surface area (Å²) in [5.74, 6) is -0.249. The lowest BCUT2D eigenvalue weighted by Gasteiger charge is -2.30. The Labute approximate surface area is 175 Å². The number of aryl methyl sites for hydroxylation is 1. The number of aromatic nitrogens is 1. The van der Waals surface area contributed by atoms with Gasteiger partial charge in [0.15, 0.2) is 0 Å². The van der Waals surface area contributed by atoms with Crippen molar-refractivity contribution in [3.05, 3.63) is 41.0 Å². The van der Waals surface area contributed by atoms with Gasteiger partial charge in [-0.2, -0.15) is 4.31 Å². The largest absolute Gasteiger partial charge is 0.490 e. The Morgan fingerprint density at radius 1 is 1.34 bits per heavy atom. The lowest BCUT2D eigenvalue weighted by Crippen LogP contribution is -2.42. The van der Waals surface area contributed by atoms with E-state index in [0.717, 1.165) is 4.88 Å². The van der Waals surface area contributed by atoms with E-state index in [0.29, 0.717) is 34.9 Å². The van der Waals surface area contributed by atoms with Crippen LogP contribution in [0.3, 0.4) is 0 Å². The molecule has 29 heavy (non-hydrogen) atoms. The second-order valence-corrected chi connectivity index (χ2v) is 10.8. The Balaban J connectivity index is 1.63. The summed E-state index contributed by atoms with van der Waals surface area (Å²) in [4.78, 5) is 17.6. The van der Waals surface area contributed by atoms with Crippen LogP contribution in [0.15, 0.2) is 34.8 Å². The monoisotopic (exact) mass is 438 g/mol. The molecule has 3 heterocycles. The van der Waals surface area contributed by atoms with Crippen molar-refractivity contribution in [2.45, 2.75) is 50.5 Å². The number of carbonyl (C=O) groups excluding carboxylic acids is 1. The Morgan fingerprint density at radius 2 is 2.14 bits per heavy atom. The van der Waals surface area contributed by atoms with Gasteiger partial charge in [0.2, 0.25) is 0 Å². The van der Waals surface area contributed by atoms with E-state index in [1.165, 1.54) is 15.6 Å².